The fourth-order valence-electron chi connectivity index (χ4n) is 10.2. The van der Waals surface area contributed by atoms with Crippen LogP contribution in [-0.4, -0.2) is 19.1 Å². The predicted octanol–water partition coefficient (Wildman–Crippen LogP) is 14.7. The summed E-state index contributed by atoms with van der Waals surface area (Å²) < 4.78 is 11.2. The summed E-state index contributed by atoms with van der Waals surface area (Å²) in [5.74, 6) is 0.757. The molecule has 0 bridgehead atoms. The first-order chi connectivity index (χ1) is 30.3. The Balaban J connectivity index is 1.08. The van der Waals surface area contributed by atoms with E-state index >= 15 is 0 Å². The van der Waals surface area contributed by atoms with Gasteiger partial charge in [-0.2, -0.15) is 0 Å². The standard InChI is InChI=1S/C56H32N4O/c1-2-15-36-33(13-1)14-11-21-37(36)34-27-29-35(30-28-34)52-55(57-53-44-20-7-10-26-51(44)61-56(53)58-52)60-48-25-9-6-19-41(48)45-31-49-46(32-50(45)60)43-23-12-22-42-39-17-4-3-16-38(39)40-18-5-8-24-47(40)59(49)54(42)43/h1-32H. The molecule has 9 aromatic carbocycles. The maximum absolute atomic E-state index is 6.42. The number of rotatable bonds is 3. The molecule has 0 atom stereocenters. The van der Waals surface area contributed by atoms with Crippen molar-refractivity contribution in [1.82, 2.24) is 19.1 Å². The molecule has 5 nitrogen and oxygen atoms in total. The van der Waals surface area contributed by atoms with Crippen molar-refractivity contribution in [3.8, 4) is 56.1 Å². The number of aromatic nitrogens is 4. The molecule has 1 aliphatic rings. The van der Waals surface area contributed by atoms with Gasteiger partial charge in [-0.25, -0.2) is 9.97 Å². The number of furan rings is 1. The Kier molecular flexibility index (Phi) is 6.49. The molecule has 0 N–H and O–H groups in total. The van der Waals surface area contributed by atoms with Crippen LogP contribution in [0.2, 0.25) is 0 Å². The van der Waals surface area contributed by atoms with E-state index in [4.69, 9.17) is 14.4 Å². The van der Waals surface area contributed by atoms with Gasteiger partial charge in [0.2, 0.25) is 5.71 Å². The van der Waals surface area contributed by atoms with Gasteiger partial charge in [-0.05, 0) is 69.4 Å². The number of para-hydroxylation sites is 4. The van der Waals surface area contributed by atoms with Gasteiger partial charge in [0, 0.05) is 43.6 Å². The minimum atomic E-state index is 0.519. The van der Waals surface area contributed by atoms with Crippen LogP contribution in [0.4, 0.5) is 0 Å². The summed E-state index contributed by atoms with van der Waals surface area (Å²) in [5.41, 5.74) is 16.7. The SMILES string of the molecule is c1ccc2c(c1)-c1ccccc1-n1c3cc4c5ccccc5n(-c5nc6c(nc5-c5ccc(-c7cccc8ccccc78)cc5)oc5ccccc56)c4cc3c3cccc-2c31. The number of fused-ring (bicyclic) bond motifs is 15. The molecular formula is C56H32N4O. The minimum absolute atomic E-state index is 0.519. The molecule has 0 fully saturated rings. The second-order valence-electron chi connectivity index (χ2n) is 16.1. The topological polar surface area (TPSA) is 48.8 Å². The summed E-state index contributed by atoms with van der Waals surface area (Å²) in [6.45, 7) is 0. The molecule has 5 heterocycles. The highest BCUT2D eigenvalue weighted by Gasteiger charge is 2.27. The molecule has 13 aromatic rings. The van der Waals surface area contributed by atoms with Crippen molar-refractivity contribution in [2.24, 2.45) is 0 Å². The van der Waals surface area contributed by atoms with E-state index in [1.54, 1.807) is 0 Å². The number of hydrogen-bond acceptors (Lipinski definition) is 3. The maximum Gasteiger partial charge on any atom is 0.247 e. The monoisotopic (exact) mass is 776 g/mol. The Morgan fingerprint density at radius 1 is 0.377 bits per heavy atom. The predicted molar refractivity (Wildman–Crippen MR) is 251 cm³/mol. The molecule has 0 unspecified atom stereocenters. The largest absolute Gasteiger partial charge is 0.436 e. The van der Waals surface area contributed by atoms with Crippen LogP contribution in [0.25, 0.3) is 133 Å². The van der Waals surface area contributed by atoms with E-state index in [0.717, 1.165) is 60.9 Å². The lowest BCUT2D eigenvalue weighted by molar-refractivity contribution is 0.653. The normalized spacial score (nSPS) is 12.3. The molecule has 14 rings (SSSR count). The summed E-state index contributed by atoms with van der Waals surface area (Å²) in [6, 6.07) is 69.8. The van der Waals surface area contributed by atoms with Gasteiger partial charge in [0.1, 0.15) is 16.8 Å². The van der Waals surface area contributed by atoms with Gasteiger partial charge in [-0.1, -0.05) is 158 Å². The molecule has 0 amide bonds. The first-order valence-electron chi connectivity index (χ1n) is 20.7. The smallest absolute Gasteiger partial charge is 0.247 e. The van der Waals surface area contributed by atoms with Crippen molar-refractivity contribution in [3.05, 3.63) is 194 Å². The lowest BCUT2D eigenvalue weighted by Crippen LogP contribution is -2.03. The van der Waals surface area contributed by atoms with E-state index in [-0.39, 0.29) is 0 Å². The second kappa shape index (κ2) is 12.1. The van der Waals surface area contributed by atoms with Crippen LogP contribution < -0.4 is 0 Å². The lowest BCUT2D eigenvalue weighted by atomic mass is 9.94. The van der Waals surface area contributed by atoms with Crippen molar-refractivity contribution >= 4 is 76.6 Å². The van der Waals surface area contributed by atoms with Crippen molar-refractivity contribution in [3.63, 3.8) is 0 Å². The Labute approximate surface area is 349 Å². The van der Waals surface area contributed by atoms with Crippen LogP contribution >= 0.6 is 0 Å². The molecule has 0 aliphatic carbocycles. The van der Waals surface area contributed by atoms with E-state index < -0.39 is 0 Å². The number of benzene rings is 9. The second-order valence-corrected chi connectivity index (χ2v) is 16.1. The van der Waals surface area contributed by atoms with Gasteiger partial charge < -0.3 is 8.98 Å². The highest BCUT2D eigenvalue weighted by atomic mass is 16.3. The Bertz CT molecular complexity index is 3990. The summed E-state index contributed by atoms with van der Waals surface area (Å²) in [5, 5.41) is 8.09. The van der Waals surface area contributed by atoms with Crippen LogP contribution in [0.5, 0.6) is 0 Å². The van der Waals surface area contributed by atoms with Gasteiger partial charge in [-0.3, -0.25) is 4.57 Å². The van der Waals surface area contributed by atoms with Gasteiger partial charge >= 0.3 is 0 Å². The zero-order chi connectivity index (χ0) is 39.8. The highest BCUT2D eigenvalue weighted by Crippen LogP contribution is 2.48. The summed E-state index contributed by atoms with van der Waals surface area (Å²) in [4.78, 5) is 10.9. The molecule has 5 heteroatoms. The van der Waals surface area contributed by atoms with E-state index in [9.17, 15) is 0 Å². The minimum Gasteiger partial charge on any atom is -0.436 e. The van der Waals surface area contributed by atoms with Crippen molar-refractivity contribution in [1.29, 1.82) is 0 Å². The highest BCUT2D eigenvalue weighted by molar-refractivity contribution is 6.22. The Morgan fingerprint density at radius 2 is 0.967 bits per heavy atom. The number of hydrogen-bond donors (Lipinski definition) is 0. The Morgan fingerprint density at radius 3 is 1.84 bits per heavy atom. The zero-order valence-electron chi connectivity index (χ0n) is 32.7. The van der Waals surface area contributed by atoms with E-state index in [2.05, 4.69) is 185 Å². The fraction of sp³-hybridized carbons (Fsp3) is 0. The molecule has 0 radical (unpaired) electrons. The van der Waals surface area contributed by atoms with Crippen molar-refractivity contribution in [2.45, 2.75) is 0 Å². The zero-order valence-corrected chi connectivity index (χ0v) is 32.7. The third-order valence-electron chi connectivity index (χ3n) is 12.9. The molecule has 4 aromatic heterocycles. The molecule has 0 spiro atoms. The lowest BCUT2D eigenvalue weighted by Gasteiger charge is -2.14. The van der Waals surface area contributed by atoms with E-state index in [0.29, 0.717) is 5.71 Å². The molecule has 0 saturated carbocycles. The summed E-state index contributed by atoms with van der Waals surface area (Å²) in [6.07, 6.45) is 0. The average molecular weight is 777 g/mol. The summed E-state index contributed by atoms with van der Waals surface area (Å²) in [7, 11) is 0. The van der Waals surface area contributed by atoms with Crippen LogP contribution in [0.3, 0.4) is 0 Å². The average Bonchev–Trinajstić information content (AvgIpc) is 3.94. The van der Waals surface area contributed by atoms with Crippen LogP contribution in [0.15, 0.2) is 199 Å². The summed E-state index contributed by atoms with van der Waals surface area (Å²) >= 11 is 0. The molecule has 0 saturated heterocycles. The quantitative estimate of drug-likeness (QED) is 0.180. The van der Waals surface area contributed by atoms with E-state index in [1.807, 2.05) is 18.2 Å². The third kappa shape index (κ3) is 4.49. The first kappa shape index (κ1) is 32.7. The van der Waals surface area contributed by atoms with Crippen molar-refractivity contribution < 1.29 is 4.42 Å². The van der Waals surface area contributed by atoms with Crippen LogP contribution in [0.1, 0.15) is 0 Å². The van der Waals surface area contributed by atoms with E-state index in [1.165, 1.54) is 66.1 Å². The van der Waals surface area contributed by atoms with Crippen LogP contribution in [-0.2, 0) is 0 Å². The third-order valence-corrected chi connectivity index (χ3v) is 12.9. The first-order valence-corrected chi connectivity index (χ1v) is 20.7. The van der Waals surface area contributed by atoms with Gasteiger partial charge in [0.05, 0.1) is 27.8 Å². The van der Waals surface area contributed by atoms with Gasteiger partial charge in [-0.15, -0.1) is 0 Å². The van der Waals surface area contributed by atoms with Gasteiger partial charge in [0.15, 0.2) is 5.82 Å². The molecule has 61 heavy (non-hydrogen) atoms. The fourth-order valence-corrected chi connectivity index (χ4v) is 10.2. The van der Waals surface area contributed by atoms with Crippen molar-refractivity contribution in [2.75, 3.05) is 0 Å². The molecular weight excluding hydrogens is 745 g/mol. The van der Waals surface area contributed by atoms with Gasteiger partial charge in [0.25, 0.3) is 0 Å². The molecule has 282 valence electrons. The van der Waals surface area contributed by atoms with Crippen LogP contribution in [0, 0.1) is 0 Å². The maximum atomic E-state index is 6.42. The molecule has 1 aliphatic heterocycles. The number of nitrogens with zero attached hydrogens (tertiary/aromatic N) is 4. The Hall–Kier alpha value is -8.28.